The molecule has 16 heavy (non-hydrogen) atoms. The third-order valence-electron chi connectivity index (χ3n) is 1.82. The third kappa shape index (κ3) is 4.00. The highest BCUT2D eigenvalue weighted by atomic mass is 17.2. The van der Waals surface area contributed by atoms with Gasteiger partial charge < -0.3 is 5.32 Å². The van der Waals surface area contributed by atoms with Crippen LogP contribution in [0.3, 0.4) is 0 Å². The van der Waals surface area contributed by atoms with Crippen LogP contribution in [0.15, 0.2) is 6.07 Å². The maximum atomic E-state index is 11.4. The molecular weight excluding hydrogens is 210 g/mol. The number of H-pyrrole nitrogens is 1. The predicted octanol–water partition coefficient (Wildman–Crippen LogP) is 1.47. The van der Waals surface area contributed by atoms with Crippen molar-refractivity contribution in [3.63, 3.8) is 0 Å². The Balaban J connectivity index is 2.42. The summed E-state index contributed by atoms with van der Waals surface area (Å²) in [4.78, 5) is 20.9. The molecule has 0 aliphatic carbocycles. The third-order valence-corrected chi connectivity index (χ3v) is 1.82. The molecule has 1 heterocycles. The van der Waals surface area contributed by atoms with Crippen LogP contribution in [0, 0.1) is 5.92 Å². The number of carbonyl (C=O) groups excluding carboxylic acids is 1. The summed E-state index contributed by atoms with van der Waals surface area (Å²) in [5, 5.41) is 9.34. The quantitative estimate of drug-likeness (QED) is 0.438. The van der Waals surface area contributed by atoms with E-state index in [4.69, 9.17) is 9.78 Å². The lowest BCUT2D eigenvalue weighted by atomic mass is 10.2. The first-order chi connectivity index (χ1) is 7.63. The van der Waals surface area contributed by atoms with E-state index in [9.17, 15) is 4.79 Å². The molecule has 1 aromatic heterocycles. The lowest BCUT2D eigenvalue weighted by Crippen LogP contribution is -2.17. The fourth-order valence-electron chi connectivity index (χ4n) is 0.959. The normalized spacial score (nSPS) is 10.8. The van der Waals surface area contributed by atoms with Gasteiger partial charge in [-0.1, -0.05) is 13.8 Å². The van der Waals surface area contributed by atoms with Crippen molar-refractivity contribution < 1.29 is 14.6 Å². The molecule has 0 saturated carbocycles. The zero-order valence-corrected chi connectivity index (χ0v) is 9.74. The molecule has 0 aliphatic heterocycles. The standard InChI is InChI=1S/C10H17N3O3/c1-4-15-16-6-8-5-9(13-12-8)11-10(14)7(2)3/h5,7H,4,6H2,1-3H3,(H2,11,12,13,14). The van der Waals surface area contributed by atoms with Crippen molar-refractivity contribution in [2.75, 3.05) is 11.9 Å². The number of rotatable bonds is 6. The second-order valence-electron chi connectivity index (χ2n) is 3.59. The summed E-state index contributed by atoms with van der Waals surface area (Å²) < 4.78 is 0. The molecule has 0 saturated heterocycles. The molecular formula is C10H17N3O3. The summed E-state index contributed by atoms with van der Waals surface area (Å²) in [6.07, 6.45) is 0. The van der Waals surface area contributed by atoms with Gasteiger partial charge in [0, 0.05) is 12.0 Å². The lowest BCUT2D eigenvalue weighted by Gasteiger charge is -2.03. The van der Waals surface area contributed by atoms with Crippen molar-refractivity contribution >= 4 is 11.7 Å². The maximum Gasteiger partial charge on any atom is 0.228 e. The van der Waals surface area contributed by atoms with Crippen LogP contribution in [-0.2, 0) is 21.2 Å². The van der Waals surface area contributed by atoms with Crippen LogP contribution in [0.1, 0.15) is 26.5 Å². The molecule has 90 valence electrons. The summed E-state index contributed by atoms with van der Waals surface area (Å²) >= 11 is 0. The predicted molar refractivity (Wildman–Crippen MR) is 58.5 cm³/mol. The van der Waals surface area contributed by atoms with Gasteiger partial charge in [0.15, 0.2) is 5.82 Å². The van der Waals surface area contributed by atoms with Gasteiger partial charge in [0.25, 0.3) is 0 Å². The number of anilines is 1. The Morgan fingerprint density at radius 1 is 1.56 bits per heavy atom. The van der Waals surface area contributed by atoms with E-state index in [0.29, 0.717) is 12.4 Å². The van der Waals surface area contributed by atoms with Crippen molar-refractivity contribution in [3.8, 4) is 0 Å². The zero-order valence-electron chi connectivity index (χ0n) is 9.74. The van der Waals surface area contributed by atoms with Crippen LogP contribution in [0.2, 0.25) is 0 Å². The van der Waals surface area contributed by atoms with Crippen molar-refractivity contribution in [3.05, 3.63) is 11.8 Å². The second kappa shape index (κ2) is 6.24. The average molecular weight is 227 g/mol. The van der Waals surface area contributed by atoms with Gasteiger partial charge in [0.1, 0.15) is 6.61 Å². The monoisotopic (exact) mass is 227 g/mol. The fourth-order valence-corrected chi connectivity index (χ4v) is 0.959. The van der Waals surface area contributed by atoms with Gasteiger partial charge in [-0.2, -0.15) is 5.10 Å². The van der Waals surface area contributed by atoms with Gasteiger partial charge in [-0.05, 0) is 6.92 Å². The average Bonchev–Trinajstić information content (AvgIpc) is 2.66. The number of hydrogen-bond donors (Lipinski definition) is 2. The molecule has 0 aromatic carbocycles. The highest BCUT2D eigenvalue weighted by Crippen LogP contribution is 2.08. The summed E-state index contributed by atoms with van der Waals surface area (Å²) in [6.45, 7) is 6.24. The Hall–Kier alpha value is -1.40. The minimum absolute atomic E-state index is 0.0659. The highest BCUT2D eigenvalue weighted by molar-refractivity contribution is 5.91. The Morgan fingerprint density at radius 2 is 2.31 bits per heavy atom. The van der Waals surface area contributed by atoms with Crippen LogP contribution < -0.4 is 5.32 Å². The summed E-state index contributed by atoms with van der Waals surface area (Å²) in [7, 11) is 0. The number of nitrogens with one attached hydrogen (secondary N) is 2. The maximum absolute atomic E-state index is 11.4. The van der Waals surface area contributed by atoms with Gasteiger partial charge in [0.2, 0.25) is 5.91 Å². The molecule has 0 aliphatic rings. The molecule has 6 nitrogen and oxygen atoms in total. The first-order valence-corrected chi connectivity index (χ1v) is 5.23. The summed E-state index contributed by atoms with van der Waals surface area (Å²) in [5.41, 5.74) is 0.743. The van der Waals surface area contributed by atoms with E-state index in [1.165, 1.54) is 0 Å². The van der Waals surface area contributed by atoms with Crippen LogP contribution in [-0.4, -0.2) is 22.7 Å². The topological polar surface area (TPSA) is 76.2 Å². The van der Waals surface area contributed by atoms with E-state index in [0.717, 1.165) is 5.69 Å². The molecule has 2 N–H and O–H groups in total. The number of amides is 1. The Bertz CT molecular complexity index is 336. The Kier molecular flexibility index (Phi) is 4.94. The van der Waals surface area contributed by atoms with E-state index in [2.05, 4.69) is 15.5 Å². The summed E-state index contributed by atoms with van der Waals surface area (Å²) in [5.74, 6) is 0.359. The van der Waals surface area contributed by atoms with Crippen molar-refractivity contribution in [1.29, 1.82) is 0 Å². The van der Waals surface area contributed by atoms with Gasteiger partial charge in [-0.3, -0.25) is 9.89 Å². The minimum atomic E-state index is -0.0696. The Morgan fingerprint density at radius 3 is 2.94 bits per heavy atom. The van der Waals surface area contributed by atoms with Crippen molar-refractivity contribution in [2.24, 2.45) is 5.92 Å². The number of carbonyl (C=O) groups is 1. The van der Waals surface area contributed by atoms with Crippen molar-refractivity contribution in [2.45, 2.75) is 27.4 Å². The van der Waals surface area contributed by atoms with Crippen LogP contribution >= 0.6 is 0 Å². The van der Waals surface area contributed by atoms with Crippen LogP contribution in [0.25, 0.3) is 0 Å². The molecule has 0 unspecified atom stereocenters. The van der Waals surface area contributed by atoms with Crippen LogP contribution in [0.4, 0.5) is 5.82 Å². The van der Waals surface area contributed by atoms with Gasteiger partial charge in [0.05, 0.1) is 12.3 Å². The molecule has 0 radical (unpaired) electrons. The molecule has 1 aromatic rings. The van der Waals surface area contributed by atoms with Gasteiger partial charge >= 0.3 is 0 Å². The second-order valence-corrected chi connectivity index (χ2v) is 3.59. The molecule has 1 amide bonds. The molecule has 1 rings (SSSR count). The molecule has 0 spiro atoms. The largest absolute Gasteiger partial charge is 0.309 e. The summed E-state index contributed by atoms with van der Waals surface area (Å²) in [6, 6.07) is 1.71. The molecule has 0 fully saturated rings. The van der Waals surface area contributed by atoms with Gasteiger partial charge in [-0.25, -0.2) is 9.78 Å². The number of nitrogens with zero attached hydrogens (tertiary/aromatic N) is 1. The molecule has 0 atom stereocenters. The molecule has 0 bridgehead atoms. The zero-order chi connectivity index (χ0) is 12.0. The SMILES string of the molecule is CCOOCc1cc(NC(=O)C(C)C)n[nH]1. The first kappa shape index (κ1) is 12.7. The number of aromatic nitrogens is 2. The lowest BCUT2D eigenvalue weighted by molar-refractivity contribution is -0.301. The number of aromatic amines is 1. The van der Waals surface area contributed by atoms with E-state index in [1.54, 1.807) is 6.07 Å². The highest BCUT2D eigenvalue weighted by Gasteiger charge is 2.09. The van der Waals surface area contributed by atoms with Crippen molar-refractivity contribution in [1.82, 2.24) is 10.2 Å². The van der Waals surface area contributed by atoms with E-state index < -0.39 is 0 Å². The minimum Gasteiger partial charge on any atom is -0.309 e. The first-order valence-electron chi connectivity index (χ1n) is 5.23. The fraction of sp³-hybridized carbons (Fsp3) is 0.600. The molecule has 6 heteroatoms. The van der Waals surface area contributed by atoms with Gasteiger partial charge in [-0.15, -0.1) is 0 Å². The smallest absolute Gasteiger partial charge is 0.228 e. The van der Waals surface area contributed by atoms with Crippen LogP contribution in [0.5, 0.6) is 0 Å². The van der Waals surface area contributed by atoms with E-state index in [1.807, 2.05) is 20.8 Å². The Labute approximate surface area is 94.3 Å². The van der Waals surface area contributed by atoms with E-state index >= 15 is 0 Å². The van der Waals surface area contributed by atoms with E-state index in [-0.39, 0.29) is 18.4 Å². The number of hydrogen-bond acceptors (Lipinski definition) is 4.